The molecule has 0 aliphatic carbocycles. The van der Waals surface area contributed by atoms with Crippen LogP contribution >= 0.6 is 0 Å². The van der Waals surface area contributed by atoms with Crippen LogP contribution in [0.4, 0.5) is 0 Å². The highest BCUT2D eigenvalue weighted by Crippen LogP contribution is 2.36. The maximum absolute atomic E-state index is 12.9. The van der Waals surface area contributed by atoms with Gasteiger partial charge >= 0.3 is 0 Å². The lowest BCUT2D eigenvalue weighted by Gasteiger charge is -2.18. The first-order valence-electron chi connectivity index (χ1n) is 13.0. The largest absolute Gasteiger partial charge is 0.384 e. The molecule has 2 heterocycles. The van der Waals surface area contributed by atoms with Gasteiger partial charge in [0.25, 0.3) is 5.56 Å². The fourth-order valence-corrected chi connectivity index (χ4v) is 5.33. The van der Waals surface area contributed by atoms with Gasteiger partial charge in [0.1, 0.15) is 0 Å². The van der Waals surface area contributed by atoms with Crippen molar-refractivity contribution in [3.05, 3.63) is 82.4 Å². The van der Waals surface area contributed by atoms with E-state index < -0.39 is 0 Å². The lowest BCUT2D eigenvalue weighted by molar-refractivity contribution is 0.457. The van der Waals surface area contributed by atoms with E-state index in [4.69, 9.17) is 0 Å². The second-order valence-electron chi connectivity index (χ2n) is 9.28. The SMILES string of the molecule is CC.CCC(CC)CCc1cc2ccc(C3CC=CN3)cc2c2c1ccc1c(=O)n(C)ccc12. The zero-order chi connectivity index (χ0) is 24.2. The summed E-state index contributed by atoms with van der Waals surface area (Å²) < 4.78 is 1.67. The molecule has 5 rings (SSSR count). The van der Waals surface area contributed by atoms with Crippen molar-refractivity contribution in [2.45, 2.75) is 65.8 Å². The first kappa shape index (κ1) is 24.1. The van der Waals surface area contributed by atoms with Crippen LogP contribution in [0.15, 0.2) is 65.7 Å². The Hall–Kier alpha value is -3.07. The Bertz CT molecular complexity index is 1380. The van der Waals surface area contributed by atoms with Gasteiger partial charge in [-0.1, -0.05) is 70.9 Å². The van der Waals surface area contributed by atoms with Gasteiger partial charge in [-0.05, 0) is 87.6 Å². The van der Waals surface area contributed by atoms with Gasteiger partial charge < -0.3 is 9.88 Å². The maximum Gasteiger partial charge on any atom is 0.258 e. The topological polar surface area (TPSA) is 34.0 Å². The summed E-state index contributed by atoms with van der Waals surface area (Å²) in [5.41, 5.74) is 2.77. The Balaban J connectivity index is 0.00000133. The number of aromatic nitrogens is 1. The minimum absolute atomic E-state index is 0.0674. The Labute approximate surface area is 203 Å². The number of aryl methyl sites for hydroxylation is 2. The smallest absolute Gasteiger partial charge is 0.258 e. The van der Waals surface area contributed by atoms with E-state index in [1.165, 1.54) is 51.9 Å². The van der Waals surface area contributed by atoms with Crippen molar-refractivity contribution in [3.8, 4) is 0 Å². The molecule has 4 aromatic rings. The number of nitrogens with one attached hydrogen (secondary N) is 1. The third kappa shape index (κ3) is 4.36. The van der Waals surface area contributed by atoms with Crippen molar-refractivity contribution in [3.63, 3.8) is 0 Å². The van der Waals surface area contributed by atoms with Crippen LogP contribution in [0, 0.1) is 5.92 Å². The minimum atomic E-state index is 0.0674. The summed E-state index contributed by atoms with van der Waals surface area (Å²) in [5, 5.41) is 10.4. The quantitative estimate of drug-likeness (QED) is 0.302. The molecule has 0 saturated heterocycles. The van der Waals surface area contributed by atoms with Crippen molar-refractivity contribution < 1.29 is 0 Å². The molecule has 1 N–H and O–H groups in total. The first-order valence-corrected chi connectivity index (χ1v) is 13.0. The molecule has 1 atom stereocenters. The third-order valence-electron chi connectivity index (χ3n) is 7.45. The van der Waals surface area contributed by atoms with Gasteiger partial charge in [0, 0.05) is 18.6 Å². The van der Waals surface area contributed by atoms with Crippen molar-refractivity contribution in [1.29, 1.82) is 0 Å². The minimum Gasteiger partial charge on any atom is -0.384 e. The molecule has 1 aliphatic heterocycles. The second kappa shape index (κ2) is 10.5. The Morgan fingerprint density at radius 2 is 1.74 bits per heavy atom. The number of pyridine rings is 1. The Kier molecular flexibility index (Phi) is 7.41. The van der Waals surface area contributed by atoms with Gasteiger partial charge in [-0.15, -0.1) is 0 Å². The van der Waals surface area contributed by atoms with E-state index in [0.717, 1.165) is 29.5 Å². The summed E-state index contributed by atoms with van der Waals surface area (Å²) in [6, 6.07) is 15.9. The highest BCUT2D eigenvalue weighted by molar-refractivity contribution is 6.21. The summed E-state index contributed by atoms with van der Waals surface area (Å²) in [6.07, 6.45) is 11.9. The molecule has 0 saturated carbocycles. The van der Waals surface area contributed by atoms with Crippen LogP contribution in [0.5, 0.6) is 0 Å². The predicted molar refractivity (Wildman–Crippen MR) is 148 cm³/mol. The molecule has 0 amide bonds. The van der Waals surface area contributed by atoms with E-state index in [-0.39, 0.29) is 5.56 Å². The molecule has 1 unspecified atom stereocenters. The van der Waals surface area contributed by atoms with Gasteiger partial charge in [-0.3, -0.25) is 4.79 Å². The number of hydrogen-bond donors (Lipinski definition) is 1. The van der Waals surface area contributed by atoms with Crippen molar-refractivity contribution >= 4 is 32.3 Å². The monoisotopic (exact) mass is 454 g/mol. The molecule has 0 radical (unpaired) electrons. The summed E-state index contributed by atoms with van der Waals surface area (Å²) in [5.74, 6) is 0.761. The van der Waals surface area contributed by atoms with Gasteiger partial charge in [-0.2, -0.15) is 0 Å². The van der Waals surface area contributed by atoms with Crippen LogP contribution in [0.25, 0.3) is 32.3 Å². The van der Waals surface area contributed by atoms with E-state index in [1.807, 2.05) is 39.4 Å². The molecule has 1 aromatic heterocycles. The molecule has 178 valence electrons. The molecular formula is C31H38N2O. The van der Waals surface area contributed by atoms with Gasteiger partial charge in [0.15, 0.2) is 0 Å². The Morgan fingerprint density at radius 1 is 0.971 bits per heavy atom. The summed E-state index contributed by atoms with van der Waals surface area (Å²) in [7, 11) is 1.83. The van der Waals surface area contributed by atoms with Crippen LogP contribution in [0.2, 0.25) is 0 Å². The van der Waals surface area contributed by atoms with Crippen LogP contribution in [-0.4, -0.2) is 4.57 Å². The van der Waals surface area contributed by atoms with Crippen LogP contribution in [0.3, 0.4) is 0 Å². The standard InChI is InChI=1S/C29H32N2O.C2H6/c1-4-19(5-2)8-9-20-17-21-10-11-22(27-7-6-15-30-27)18-26(21)28-23(20)12-13-25-24(28)14-16-31(3)29(25)32;1-2/h6,10-19,27,30H,4-5,7-9H2,1-3H3;1-2H3. The van der Waals surface area contributed by atoms with Crippen LogP contribution in [-0.2, 0) is 13.5 Å². The molecule has 3 heteroatoms. The summed E-state index contributed by atoms with van der Waals surface area (Å²) in [4.78, 5) is 12.9. The number of rotatable bonds is 6. The lowest BCUT2D eigenvalue weighted by atomic mass is 9.88. The number of fused-ring (bicyclic) bond motifs is 5. The second-order valence-corrected chi connectivity index (χ2v) is 9.28. The van der Waals surface area contributed by atoms with Crippen molar-refractivity contribution in [1.82, 2.24) is 9.88 Å². The van der Waals surface area contributed by atoms with Crippen molar-refractivity contribution in [2.75, 3.05) is 0 Å². The molecular weight excluding hydrogens is 416 g/mol. The van der Waals surface area contributed by atoms with E-state index in [1.54, 1.807) is 4.57 Å². The van der Waals surface area contributed by atoms with Gasteiger partial charge in [0.2, 0.25) is 0 Å². The van der Waals surface area contributed by atoms with Crippen LogP contribution < -0.4 is 10.9 Å². The summed E-state index contributed by atoms with van der Waals surface area (Å²) >= 11 is 0. The van der Waals surface area contributed by atoms with Crippen LogP contribution in [0.1, 0.15) is 70.5 Å². The molecule has 0 bridgehead atoms. The first-order chi connectivity index (χ1) is 16.6. The predicted octanol–water partition coefficient (Wildman–Crippen LogP) is 7.79. The highest BCUT2D eigenvalue weighted by atomic mass is 16.1. The third-order valence-corrected chi connectivity index (χ3v) is 7.45. The summed E-state index contributed by atoms with van der Waals surface area (Å²) in [6.45, 7) is 8.59. The number of benzene rings is 3. The number of hydrogen-bond acceptors (Lipinski definition) is 2. The zero-order valence-corrected chi connectivity index (χ0v) is 21.3. The average Bonchev–Trinajstić information content (AvgIpc) is 3.42. The Morgan fingerprint density at radius 3 is 2.44 bits per heavy atom. The average molecular weight is 455 g/mol. The van der Waals surface area contributed by atoms with E-state index in [2.05, 4.69) is 61.6 Å². The van der Waals surface area contributed by atoms with E-state index >= 15 is 0 Å². The zero-order valence-electron chi connectivity index (χ0n) is 21.3. The molecule has 3 aromatic carbocycles. The molecule has 3 nitrogen and oxygen atoms in total. The van der Waals surface area contributed by atoms with Gasteiger partial charge in [-0.25, -0.2) is 0 Å². The molecule has 34 heavy (non-hydrogen) atoms. The maximum atomic E-state index is 12.9. The lowest BCUT2D eigenvalue weighted by Crippen LogP contribution is -2.15. The molecule has 0 fully saturated rings. The normalized spacial score (nSPS) is 15.2. The van der Waals surface area contributed by atoms with Crippen molar-refractivity contribution in [2.24, 2.45) is 13.0 Å². The van der Waals surface area contributed by atoms with E-state index in [0.29, 0.717) is 6.04 Å². The fraction of sp³-hybridized carbons (Fsp3) is 0.387. The molecule has 1 aliphatic rings. The van der Waals surface area contributed by atoms with E-state index in [9.17, 15) is 4.79 Å². The van der Waals surface area contributed by atoms with Gasteiger partial charge in [0.05, 0.1) is 6.04 Å². The highest BCUT2D eigenvalue weighted by Gasteiger charge is 2.17. The molecule has 0 spiro atoms. The fourth-order valence-electron chi connectivity index (χ4n) is 5.33. The number of nitrogens with zero attached hydrogens (tertiary/aromatic N) is 1.